The van der Waals surface area contributed by atoms with Crippen molar-refractivity contribution in [1.82, 2.24) is 9.55 Å². The zero-order valence-electron chi connectivity index (χ0n) is 18.6. The van der Waals surface area contributed by atoms with E-state index in [2.05, 4.69) is 18.0 Å². The van der Waals surface area contributed by atoms with Gasteiger partial charge >= 0.3 is 5.69 Å². The molecular weight excluding hydrogens is 398 g/mol. The summed E-state index contributed by atoms with van der Waals surface area (Å²) in [5.74, 6) is -0.168. The highest BCUT2D eigenvalue weighted by atomic mass is 16.5. The monoisotopic (exact) mass is 429 g/mol. The molecule has 1 atom stereocenters. The van der Waals surface area contributed by atoms with Crippen molar-refractivity contribution >= 4 is 23.1 Å². The summed E-state index contributed by atoms with van der Waals surface area (Å²) < 4.78 is 6.47. The molecule has 0 spiro atoms. The van der Waals surface area contributed by atoms with E-state index in [1.54, 1.807) is 0 Å². The number of methoxy groups -OCH3 is 1. The van der Waals surface area contributed by atoms with Gasteiger partial charge in [-0.05, 0) is 30.9 Å². The number of rotatable bonds is 8. The normalized spacial score (nSPS) is 15.4. The van der Waals surface area contributed by atoms with Gasteiger partial charge in [0.25, 0.3) is 5.56 Å². The Kier molecular flexibility index (Phi) is 6.84. The van der Waals surface area contributed by atoms with Crippen LogP contribution < -0.4 is 26.8 Å². The Labute approximate surface area is 181 Å². The highest BCUT2D eigenvalue weighted by Gasteiger charge is 2.31. The van der Waals surface area contributed by atoms with E-state index in [-0.39, 0.29) is 49.1 Å². The molecule has 0 radical (unpaired) electrons. The number of benzene rings is 1. The largest absolute Gasteiger partial charge is 0.383 e. The first kappa shape index (κ1) is 22.6. The number of fused-ring (bicyclic) bond motifs is 1. The fraction of sp³-hybridized carbons (Fsp3) is 0.500. The van der Waals surface area contributed by atoms with Crippen LogP contribution in [0.4, 0.5) is 17.2 Å². The van der Waals surface area contributed by atoms with Gasteiger partial charge in [0.1, 0.15) is 5.82 Å². The zero-order chi connectivity index (χ0) is 22.7. The molecule has 9 nitrogen and oxygen atoms in total. The molecule has 1 amide bonds. The standard InChI is InChI=1S/C22H31N5O4/c1-14(2)12-27-20(23)19(21(29)24-22(27)30)25(9-10-31-4)18(28)13-26-15(3)11-16-7-5-6-8-17(16)26/h5-8,14-15H,9-13,23H2,1-4H3,(H,24,29,30)/t15-/m1/s1. The first-order chi connectivity index (χ1) is 14.7. The van der Waals surface area contributed by atoms with Crippen molar-refractivity contribution in [1.29, 1.82) is 0 Å². The minimum atomic E-state index is -0.679. The van der Waals surface area contributed by atoms with Crippen LogP contribution in [0.15, 0.2) is 33.9 Å². The Hall–Kier alpha value is -3.07. The number of nitrogens with zero attached hydrogens (tertiary/aromatic N) is 3. The summed E-state index contributed by atoms with van der Waals surface area (Å²) >= 11 is 0. The first-order valence-corrected chi connectivity index (χ1v) is 10.5. The van der Waals surface area contributed by atoms with E-state index in [1.165, 1.54) is 22.1 Å². The van der Waals surface area contributed by atoms with Crippen LogP contribution in [-0.2, 0) is 22.5 Å². The van der Waals surface area contributed by atoms with Gasteiger partial charge in [0.15, 0.2) is 5.69 Å². The molecule has 0 unspecified atom stereocenters. The molecule has 9 heteroatoms. The fourth-order valence-electron chi connectivity index (χ4n) is 4.03. The molecule has 0 saturated heterocycles. The lowest BCUT2D eigenvalue weighted by Gasteiger charge is -2.29. The third-order valence-corrected chi connectivity index (χ3v) is 5.51. The molecule has 0 fully saturated rings. The lowest BCUT2D eigenvalue weighted by atomic mass is 10.1. The molecule has 0 bridgehead atoms. The number of ether oxygens (including phenoxy) is 1. The number of H-pyrrole nitrogens is 1. The van der Waals surface area contributed by atoms with Crippen LogP contribution in [0.2, 0.25) is 0 Å². The number of aromatic nitrogens is 2. The number of carbonyl (C=O) groups is 1. The molecule has 1 aromatic heterocycles. The maximum atomic E-state index is 13.4. The summed E-state index contributed by atoms with van der Waals surface area (Å²) in [6.07, 6.45) is 0.851. The summed E-state index contributed by atoms with van der Waals surface area (Å²) in [5, 5.41) is 0. The van der Waals surface area contributed by atoms with E-state index in [0.717, 1.165) is 12.1 Å². The number of nitrogens with two attached hydrogens (primary N) is 1. The summed E-state index contributed by atoms with van der Waals surface area (Å²) in [5.41, 5.74) is 7.18. The second-order valence-electron chi connectivity index (χ2n) is 8.35. The van der Waals surface area contributed by atoms with Gasteiger partial charge in [0.05, 0.1) is 13.2 Å². The van der Waals surface area contributed by atoms with Gasteiger partial charge in [0, 0.05) is 31.9 Å². The van der Waals surface area contributed by atoms with Crippen LogP contribution in [-0.4, -0.2) is 48.3 Å². The number of nitrogen functional groups attached to an aromatic ring is 1. The van der Waals surface area contributed by atoms with Gasteiger partial charge in [-0.3, -0.25) is 19.1 Å². The Bertz CT molecular complexity index is 1060. The van der Waals surface area contributed by atoms with Crippen LogP contribution in [0, 0.1) is 5.92 Å². The lowest BCUT2D eigenvalue weighted by Crippen LogP contribution is -2.47. The Morgan fingerprint density at radius 2 is 2.03 bits per heavy atom. The van der Waals surface area contributed by atoms with E-state index in [9.17, 15) is 14.4 Å². The van der Waals surface area contributed by atoms with Crippen LogP contribution >= 0.6 is 0 Å². The third-order valence-electron chi connectivity index (χ3n) is 5.51. The second-order valence-corrected chi connectivity index (χ2v) is 8.35. The molecule has 0 saturated carbocycles. The number of amides is 1. The summed E-state index contributed by atoms with van der Waals surface area (Å²) in [7, 11) is 1.52. The molecule has 2 heterocycles. The van der Waals surface area contributed by atoms with Crippen molar-refractivity contribution in [3.63, 3.8) is 0 Å². The number of anilines is 3. The van der Waals surface area contributed by atoms with Gasteiger partial charge in [0.2, 0.25) is 5.91 Å². The van der Waals surface area contributed by atoms with Crippen LogP contribution in [0.3, 0.4) is 0 Å². The molecule has 2 aromatic rings. The number of para-hydroxylation sites is 1. The molecule has 0 aliphatic carbocycles. The van der Waals surface area contributed by atoms with Crippen molar-refractivity contribution in [2.24, 2.45) is 5.92 Å². The van der Waals surface area contributed by atoms with Gasteiger partial charge in [-0.15, -0.1) is 0 Å². The minimum absolute atomic E-state index is 0.0116. The molecule has 1 aliphatic rings. The van der Waals surface area contributed by atoms with Crippen LogP contribution in [0.5, 0.6) is 0 Å². The average Bonchev–Trinajstić information content (AvgIpc) is 3.02. The first-order valence-electron chi connectivity index (χ1n) is 10.5. The van der Waals surface area contributed by atoms with Crippen molar-refractivity contribution < 1.29 is 9.53 Å². The minimum Gasteiger partial charge on any atom is -0.383 e. The topological polar surface area (TPSA) is 114 Å². The van der Waals surface area contributed by atoms with Crippen LogP contribution in [0.1, 0.15) is 26.3 Å². The highest BCUT2D eigenvalue weighted by molar-refractivity contribution is 5.98. The van der Waals surface area contributed by atoms with E-state index in [0.29, 0.717) is 6.54 Å². The number of carbonyl (C=O) groups excluding carboxylic acids is 1. The van der Waals surface area contributed by atoms with Crippen molar-refractivity contribution in [3.8, 4) is 0 Å². The second kappa shape index (κ2) is 9.38. The Morgan fingerprint density at radius 1 is 1.32 bits per heavy atom. The number of aromatic amines is 1. The average molecular weight is 430 g/mol. The van der Waals surface area contributed by atoms with E-state index < -0.39 is 11.2 Å². The third kappa shape index (κ3) is 4.66. The quantitative estimate of drug-likeness (QED) is 0.652. The predicted octanol–water partition coefficient (Wildman–Crippen LogP) is 1.21. The number of hydrogen-bond donors (Lipinski definition) is 2. The SMILES string of the molecule is COCCN(C(=O)CN1c2ccccc2C[C@H]1C)c1c(N)n(CC(C)C)c(=O)[nH]c1=O. The van der Waals surface area contributed by atoms with Crippen molar-refractivity contribution in [2.45, 2.75) is 39.8 Å². The molecule has 31 heavy (non-hydrogen) atoms. The van der Waals surface area contributed by atoms with Crippen molar-refractivity contribution in [3.05, 3.63) is 50.7 Å². The molecule has 1 aliphatic heterocycles. The van der Waals surface area contributed by atoms with Crippen LogP contribution in [0.25, 0.3) is 0 Å². The van der Waals surface area contributed by atoms with Gasteiger partial charge in [-0.2, -0.15) is 0 Å². The molecule has 3 N–H and O–H groups in total. The number of hydrogen-bond acceptors (Lipinski definition) is 6. The number of nitrogens with one attached hydrogen (secondary N) is 1. The summed E-state index contributed by atoms with van der Waals surface area (Å²) in [6.45, 7) is 6.73. The maximum Gasteiger partial charge on any atom is 0.330 e. The molecular formula is C22H31N5O4. The Morgan fingerprint density at radius 3 is 2.71 bits per heavy atom. The fourth-order valence-corrected chi connectivity index (χ4v) is 4.03. The molecule has 168 valence electrons. The lowest BCUT2D eigenvalue weighted by molar-refractivity contribution is -0.117. The van der Waals surface area contributed by atoms with Gasteiger partial charge < -0.3 is 20.3 Å². The zero-order valence-corrected chi connectivity index (χ0v) is 18.6. The summed E-state index contributed by atoms with van der Waals surface area (Å²) in [6, 6.07) is 8.14. The van der Waals surface area contributed by atoms with Gasteiger partial charge in [-0.1, -0.05) is 32.0 Å². The highest BCUT2D eigenvalue weighted by Crippen LogP contribution is 2.31. The maximum absolute atomic E-state index is 13.4. The smallest absolute Gasteiger partial charge is 0.330 e. The predicted molar refractivity (Wildman–Crippen MR) is 122 cm³/mol. The van der Waals surface area contributed by atoms with E-state index >= 15 is 0 Å². The summed E-state index contributed by atoms with van der Waals surface area (Å²) in [4.78, 5) is 44.1. The van der Waals surface area contributed by atoms with E-state index in [4.69, 9.17) is 10.5 Å². The van der Waals surface area contributed by atoms with Crippen molar-refractivity contribution in [2.75, 3.05) is 42.3 Å². The van der Waals surface area contributed by atoms with E-state index in [1.807, 2.05) is 36.9 Å². The molecule has 3 rings (SSSR count). The Balaban J connectivity index is 1.98. The van der Waals surface area contributed by atoms with Gasteiger partial charge in [-0.25, -0.2) is 4.79 Å². The molecule has 1 aromatic carbocycles.